The van der Waals surface area contributed by atoms with Gasteiger partial charge in [-0.25, -0.2) is 9.37 Å². The molecule has 1 aliphatic rings. The molecule has 2 aromatic carbocycles. The first-order chi connectivity index (χ1) is 17.7. The summed E-state index contributed by atoms with van der Waals surface area (Å²) in [5.41, 5.74) is 8.24. The minimum absolute atomic E-state index is 0.238. The molecule has 0 amide bonds. The molecule has 0 unspecified atom stereocenters. The number of aromatic nitrogens is 4. The molecule has 0 radical (unpaired) electrons. The molecule has 6 rings (SSSR count). The maximum absolute atomic E-state index is 13.6. The molecule has 4 heterocycles. The molecule has 0 saturated carbocycles. The SMILES string of the molecule is CNc1cc(-c2cnc3[nH]cc(-c4cnn(Cc5cccc(F)c5)c4)c3c2)ccc1N1CCNCC1. The molecule has 0 spiro atoms. The van der Waals surface area contributed by atoms with Crippen LogP contribution in [0.2, 0.25) is 0 Å². The standard InChI is InChI=1S/C28H28FN7/c1-30-26-13-20(5-6-27(26)35-9-7-31-8-10-35)21-12-24-25(16-33-28(24)32-14-21)22-15-34-36(18-22)17-19-3-2-4-23(29)11-19/h2-6,11-16,18,30-31H,7-10,17H2,1H3,(H,32,33). The zero-order valence-electron chi connectivity index (χ0n) is 20.1. The molecule has 1 saturated heterocycles. The number of nitrogens with one attached hydrogen (secondary N) is 3. The number of hydrogen-bond acceptors (Lipinski definition) is 5. The van der Waals surface area contributed by atoms with Crippen LogP contribution in [0.5, 0.6) is 0 Å². The number of H-pyrrole nitrogens is 1. The van der Waals surface area contributed by atoms with E-state index in [1.54, 1.807) is 6.07 Å². The molecule has 3 aromatic heterocycles. The van der Waals surface area contributed by atoms with Crippen LogP contribution >= 0.6 is 0 Å². The van der Waals surface area contributed by atoms with Crippen LogP contribution in [-0.2, 0) is 6.54 Å². The molecule has 1 aliphatic heterocycles. The lowest BCUT2D eigenvalue weighted by molar-refractivity contribution is 0.589. The van der Waals surface area contributed by atoms with Gasteiger partial charge < -0.3 is 20.5 Å². The minimum atomic E-state index is -0.238. The van der Waals surface area contributed by atoms with Crippen molar-refractivity contribution in [2.75, 3.05) is 43.4 Å². The Balaban J connectivity index is 1.31. The first-order valence-corrected chi connectivity index (χ1v) is 12.2. The molecule has 36 heavy (non-hydrogen) atoms. The normalized spacial score (nSPS) is 13.9. The van der Waals surface area contributed by atoms with Crippen LogP contribution in [0.15, 0.2) is 73.3 Å². The summed E-state index contributed by atoms with van der Waals surface area (Å²) in [6.07, 6.45) is 7.71. The van der Waals surface area contributed by atoms with Crippen molar-refractivity contribution in [3.05, 3.63) is 84.7 Å². The van der Waals surface area contributed by atoms with Crippen molar-refractivity contribution in [3.63, 3.8) is 0 Å². The molecular weight excluding hydrogens is 453 g/mol. The van der Waals surface area contributed by atoms with Gasteiger partial charge in [-0.3, -0.25) is 4.68 Å². The number of nitrogens with zero attached hydrogens (tertiary/aromatic N) is 4. The molecule has 7 nitrogen and oxygen atoms in total. The Morgan fingerprint density at radius 3 is 2.72 bits per heavy atom. The lowest BCUT2D eigenvalue weighted by Gasteiger charge is -2.31. The number of pyridine rings is 1. The minimum Gasteiger partial charge on any atom is -0.386 e. The van der Waals surface area contributed by atoms with E-state index in [4.69, 9.17) is 4.98 Å². The van der Waals surface area contributed by atoms with Gasteiger partial charge in [-0.2, -0.15) is 5.10 Å². The third-order valence-corrected chi connectivity index (χ3v) is 6.77. The fourth-order valence-electron chi connectivity index (χ4n) is 4.91. The number of anilines is 2. The summed E-state index contributed by atoms with van der Waals surface area (Å²) >= 11 is 0. The predicted octanol–water partition coefficient (Wildman–Crippen LogP) is 4.73. The van der Waals surface area contributed by atoms with E-state index in [0.717, 1.165) is 70.7 Å². The zero-order chi connectivity index (χ0) is 24.5. The number of halogens is 1. The molecule has 0 bridgehead atoms. The highest BCUT2D eigenvalue weighted by Crippen LogP contribution is 2.34. The third-order valence-electron chi connectivity index (χ3n) is 6.77. The van der Waals surface area contributed by atoms with Gasteiger partial charge in [-0.05, 0) is 41.5 Å². The van der Waals surface area contributed by atoms with Crippen molar-refractivity contribution >= 4 is 22.4 Å². The second-order valence-corrected chi connectivity index (χ2v) is 9.10. The van der Waals surface area contributed by atoms with Gasteiger partial charge in [0.1, 0.15) is 11.5 Å². The Morgan fingerprint density at radius 1 is 1.00 bits per heavy atom. The average Bonchev–Trinajstić information content (AvgIpc) is 3.55. The quantitative estimate of drug-likeness (QED) is 0.327. The Hall–Kier alpha value is -4.17. The van der Waals surface area contributed by atoms with Gasteiger partial charge in [-0.1, -0.05) is 18.2 Å². The van der Waals surface area contributed by atoms with Crippen molar-refractivity contribution in [1.29, 1.82) is 0 Å². The van der Waals surface area contributed by atoms with E-state index in [-0.39, 0.29) is 5.82 Å². The highest BCUT2D eigenvalue weighted by Gasteiger charge is 2.16. The molecule has 5 aromatic rings. The van der Waals surface area contributed by atoms with Crippen molar-refractivity contribution in [1.82, 2.24) is 25.1 Å². The molecular formula is C28H28FN7. The van der Waals surface area contributed by atoms with Crippen molar-refractivity contribution < 1.29 is 4.39 Å². The second kappa shape index (κ2) is 9.47. The van der Waals surface area contributed by atoms with E-state index in [0.29, 0.717) is 6.54 Å². The summed E-state index contributed by atoms with van der Waals surface area (Å²) in [5, 5.41) is 12.3. The van der Waals surface area contributed by atoms with Crippen LogP contribution in [0, 0.1) is 5.82 Å². The van der Waals surface area contributed by atoms with Gasteiger partial charge >= 0.3 is 0 Å². The van der Waals surface area contributed by atoms with Crippen LogP contribution in [0.4, 0.5) is 15.8 Å². The van der Waals surface area contributed by atoms with Gasteiger partial charge in [0, 0.05) is 73.9 Å². The third kappa shape index (κ3) is 4.31. The highest BCUT2D eigenvalue weighted by atomic mass is 19.1. The number of fused-ring (bicyclic) bond motifs is 1. The van der Waals surface area contributed by atoms with Gasteiger partial charge in [0.2, 0.25) is 0 Å². The number of piperazine rings is 1. The van der Waals surface area contributed by atoms with E-state index < -0.39 is 0 Å². The van der Waals surface area contributed by atoms with E-state index in [9.17, 15) is 4.39 Å². The molecule has 8 heteroatoms. The van der Waals surface area contributed by atoms with Crippen LogP contribution in [0.25, 0.3) is 33.3 Å². The number of aromatic amines is 1. The van der Waals surface area contributed by atoms with Gasteiger partial charge in [-0.15, -0.1) is 0 Å². The van der Waals surface area contributed by atoms with Gasteiger partial charge in [0.05, 0.1) is 24.1 Å². The maximum Gasteiger partial charge on any atom is 0.137 e. The van der Waals surface area contributed by atoms with E-state index in [1.807, 2.05) is 42.6 Å². The number of hydrogen-bond donors (Lipinski definition) is 3. The second-order valence-electron chi connectivity index (χ2n) is 9.10. The molecule has 0 atom stereocenters. The highest BCUT2D eigenvalue weighted by molar-refractivity contribution is 5.96. The summed E-state index contributed by atoms with van der Waals surface area (Å²) in [6.45, 7) is 4.51. The van der Waals surface area contributed by atoms with Crippen LogP contribution in [0.1, 0.15) is 5.56 Å². The van der Waals surface area contributed by atoms with Crippen molar-refractivity contribution in [2.45, 2.75) is 6.54 Å². The van der Waals surface area contributed by atoms with E-state index in [2.05, 4.69) is 49.9 Å². The first-order valence-electron chi connectivity index (χ1n) is 12.2. The van der Waals surface area contributed by atoms with Gasteiger partial charge in [0.15, 0.2) is 0 Å². The van der Waals surface area contributed by atoms with Crippen molar-refractivity contribution in [3.8, 4) is 22.3 Å². The summed E-state index contributed by atoms with van der Waals surface area (Å²) in [7, 11) is 1.97. The van der Waals surface area contributed by atoms with E-state index >= 15 is 0 Å². The van der Waals surface area contributed by atoms with Crippen LogP contribution in [-0.4, -0.2) is 53.0 Å². The molecule has 0 aliphatic carbocycles. The monoisotopic (exact) mass is 481 g/mol. The Bertz CT molecular complexity index is 1510. The fraction of sp³-hybridized carbons (Fsp3) is 0.214. The fourth-order valence-corrected chi connectivity index (χ4v) is 4.91. The summed E-state index contributed by atoms with van der Waals surface area (Å²) < 4.78 is 15.4. The lowest BCUT2D eigenvalue weighted by atomic mass is 10.0. The summed E-state index contributed by atoms with van der Waals surface area (Å²) in [6, 6.07) is 15.4. The first kappa shape index (κ1) is 22.3. The Labute approximate surface area is 209 Å². The molecule has 182 valence electrons. The lowest BCUT2D eigenvalue weighted by Crippen LogP contribution is -2.43. The summed E-state index contributed by atoms with van der Waals surface area (Å²) in [4.78, 5) is 10.4. The largest absolute Gasteiger partial charge is 0.386 e. The topological polar surface area (TPSA) is 73.8 Å². The predicted molar refractivity (Wildman–Crippen MR) is 143 cm³/mol. The zero-order valence-corrected chi connectivity index (χ0v) is 20.1. The summed E-state index contributed by atoms with van der Waals surface area (Å²) in [5.74, 6) is -0.238. The smallest absolute Gasteiger partial charge is 0.137 e. The number of benzene rings is 2. The van der Waals surface area contributed by atoms with Crippen LogP contribution < -0.4 is 15.5 Å². The molecule has 3 N–H and O–H groups in total. The Morgan fingerprint density at radius 2 is 1.89 bits per heavy atom. The molecule has 1 fully saturated rings. The average molecular weight is 482 g/mol. The number of rotatable bonds is 6. The van der Waals surface area contributed by atoms with Gasteiger partial charge in [0.25, 0.3) is 0 Å². The maximum atomic E-state index is 13.6. The van der Waals surface area contributed by atoms with Crippen LogP contribution in [0.3, 0.4) is 0 Å². The Kier molecular flexibility index (Phi) is 5.87. The van der Waals surface area contributed by atoms with Crippen molar-refractivity contribution in [2.24, 2.45) is 0 Å². The van der Waals surface area contributed by atoms with E-state index in [1.165, 1.54) is 17.8 Å².